The van der Waals surface area contributed by atoms with Gasteiger partial charge in [-0.3, -0.25) is 4.79 Å². The molecule has 0 atom stereocenters. The van der Waals surface area contributed by atoms with Crippen LogP contribution in [0.3, 0.4) is 0 Å². The molecule has 0 heterocycles. The molecule has 0 saturated heterocycles. The van der Waals surface area contributed by atoms with Crippen molar-refractivity contribution in [2.24, 2.45) is 0 Å². The maximum Gasteiger partial charge on any atom is 0.303 e. The van der Waals surface area contributed by atoms with E-state index in [2.05, 4.69) is 97.1 Å². The van der Waals surface area contributed by atoms with Crippen molar-refractivity contribution < 1.29 is 26.9 Å². The van der Waals surface area contributed by atoms with Gasteiger partial charge in [0.1, 0.15) is 23.2 Å². The molecule has 0 aliphatic heterocycles. The SMILES string of the molecule is O=C(O)CCC=CCC[P+](c1ccccc1)(c1ccccc1)c1ccccc1.[Br-]. The molecule has 29 heavy (non-hydrogen) atoms. The van der Waals surface area contributed by atoms with Crippen LogP contribution < -0.4 is 32.9 Å². The summed E-state index contributed by atoms with van der Waals surface area (Å²) in [5.41, 5.74) is 0. The minimum Gasteiger partial charge on any atom is -1.00 e. The predicted molar refractivity (Wildman–Crippen MR) is 121 cm³/mol. The molecule has 0 fully saturated rings. The minimum absolute atomic E-state index is 0. The summed E-state index contributed by atoms with van der Waals surface area (Å²) in [5, 5.41) is 13.0. The van der Waals surface area contributed by atoms with E-state index in [0.29, 0.717) is 6.42 Å². The Balaban J connectivity index is 0.00000300. The van der Waals surface area contributed by atoms with Gasteiger partial charge in [0.2, 0.25) is 0 Å². The molecule has 0 bridgehead atoms. The standard InChI is InChI=1S/C25H25O2P.BrH/c26-25(27)20-12-1-2-13-21-28(22-14-6-3-7-15-22,23-16-8-4-9-17-23)24-18-10-5-11-19-24;/h1-11,14-19H,12-13,20-21H2;1H. The van der Waals surface area contributed by atoms with Crippen molar-refractivity contribution in [3.8, 4) is 0 Å². The number of aliphatic carboxylic acids is 1. The third-order valence-corrected chi connectivity index (χ3v) is 9.38. The van der Waals surface area contributed by atoms with Gasteiger partial charge in [0, 0.05) is 12.8 Å². The third-order valence-electron chi connectivity index (χ3n) is 4.91. The molecule has 0 saturated carbocycles. The first-order chi connectivity index (χ1) is 13.7. The number of hydrogen-bond donors (Lipinski definition) is 1. The van der Waals surface area contributed by atoms with Crippen LogP contribution in [0.1, 0.15) is 19.3 Å². The van der Waals surface area contributed by atoms with Gasteiger partial charge in [0.05, 0.1) is 6.16 Å². The second kappa shape index (κ2) is 11.7. The molecule has 150 valence electrons. The van der Waals surface area contributed by atoms with Crippen LogP contribution in [0.25, 0.3) is 0 Å². The fourth-order valence-electron chi connectivity index (χ4n) is 3.59. The Bertz CT molecular complexity index is 799. The molecule has 0 spiro atoms. The number of benzene rings is 3. The largest absolute Gasteiger partial charge is 1.00 e. The molecule has 4 heteroatoms. The fourth-order valence-corrected chi connectivity index (χ4v) is 7.84. The maximum atomic E-state index is 10.7. The molecule has 0 radical (unpaired) electrons. The Morgan fingerprint density at radius 2 is 1.07 bits per heavy atom. The van der Waals surface area contributed by atoms with Crippen molar-refractivity contribution in [1.82, 2.24) is 0 Å². The maximum absolute atomic E-state index is 10.7. The summed E-state index contributed by atoms with van der Waals surface area (Å²) >= 11 is 0. The van der Waals surface area contributed by atoms with Crippen LogP contribution in [0.2, 0.25) is 0 Å². The van der Waals surface area contributed by atoms with E-state index >= 15 is 0 Å². The van der Waals surface area contributed by atoms with Gasteiger partial charge < -0.3 is 22.1 Å². The van der Waals surface area contributed by atoms with E-state index in [1.807, 2.05) is 6.08 Å². The first kappa shape index (κ1) is 23.1. The molecule has 2 nitrogen and oxygen atoms in total. The number of hydrogen-bond acceptors (Lipinski definition) is 1. The van der Waals surface area contributed by atoms with Crippen LogP contribution in [0, 0.1) is 0 Å². The lowest BCUT2D eigenvalue weighted by molar-refractivity contribution is -0.136. The molecular weight excluding hydrogens is 443 g/mol. The smallest absolute Gasteiger partial charge is 0.303 e. The first-order valence-corrected chi connectivity index (χ1v) is 11.6. The Hall–Kier alpha value is -2.22. The van der Waals surface area contributed by atoms with E-state index in [0.717, 1.165) is 12.6 Å². The zero-order valence-corrected chi connectivity index (χ0v) is 18.8. The monoisotopic (exact) mass is 468 g/mol. The van der Waals surface area contributed by atoms with Gasteiger partial charge in [-0.15, -0.1) is 0 Å². The number of carboxylic acid groups (broad SMARTS) is 1. The average molecular weight is 469 g/mol. The van der Waals surface area contributed by atoms with Crippen molar-refractivity contribution in [3.63, 3.8) is 0 Å². The molecule has 0 aliphatic rings. The van der Waals surface area contributed by atoms with Crippen molar-refractivity contribution in [2.75, 3.05) is 6.16 Å². The highest BCUT2D eigenvalue weighted by molar-refractivity contribution is 7.95. The van der Waals surface area contributed by atoms with Gasteiger partial charge in [0.15, 0.2) is 0 Å². The summed E-state index contributed by atoms with van der Waals surface area (Å²) in [6.45, 7) is 0. The summed E-state index contributed by atoms with van der Waals surface area (Å²) in [6.07, 6.45) is 6.87. The summed E-state index contributed by atoms with van der Waals surface area (Å²) in [5.74, 6) is -0.746. The van der Waals surface area contributed by atoms with Crippen molar-refractivity contribution in [3.05, 3.63) is 103 Å². The summed E-state index contributed by atoms with van der Waals surface area (Å²) in [4.78, 5) is 10.7. The average Bonchev–Trinajstić information content (AvgIpc) is 2.75. The Morgan fingerprint density at radius 1 is 0.690 bits per heavy atom. The van der Waals surface area contributed by atoms with Crippen molar-refractivity contribution >= 4 is 29.1 Å². The van der Waals surface area contributed by atoms with Crippen molar-refractivity contribution in [1.29, 1.82) is 0 Å². The molecular formula is C25H26BrO2P. The molecule has 1 N–H and O–H groups in total. The lowest BCUT2D eigenvalue weighted by atomic mass is 10.3. The predicted octanol–water partition coefficient (Wildman–Crippen LogP) is 1.80. The highest BCUT2D eigenvalue weighted by atomic mass is 79.9. The Kier molecular flexibility index (Phi) is 9.31. The van der Waals surface area contributed by atoms with E-state index in [-0.39, 0.29) is 23.4 Å². The molecule has 0 amide bonds. The number of halogens is 1. The van der Waals surface area contributed by atoms with Gasteiger partial charge in [-0.1, -0.05) is 66.7 Å². The number of carbonyl (C=O) groups is 1. The first-order valence-electron chi connectivity index (χ1n) is 9.65. The van der Waals surface area contributed by atoms with Crippen LogP contribution >= 0.6 is 7.26 Å². The van der Waals surface area contributed by atoms with E-state index in [1.54, 1.807) is 0 Å². The number of rotatable bonds is 9. The highest BCUT2D eigenvalue weighted by Crippen LogP contribution is 2.55. The minimum atomic E-state index is -1.79. The van der Waals surface area contributed by atoms with Crippen LogP contribution in [0.15, 0.2) is 103 Å². The summed E-state index contributed by atoms with van der Waals surface area (Å²) < 4.78 is 0. The quantitative estimate of drug-likeness (QED) is 0.384. The number of carboxylic acids is 1. The molecule has 0 aliphatic carbocycles. The topological polar surface area (TPSA) is 37.3 Å². The molecule has 0 unspecified atom stereocenters. The van der Waals surface area contributed by atoms with Crippen molar-refractivity contribution in [2.45, 2.75) is 19.3 Å². The van der Waals surface area contributed by atoms with E-state index in [1.165, 1.54) is 15.9 Å². The van der Waals surface area contributed by atoms with Crippen LogP contribution in [0.5, 0.6) is 0 Å². The summed E-state index contributed by atoms with van der Waals surface area (Å²) in [7, 11) is -1.79. The van der Waals surface area contributed by atoms with E-state index in [9.17, 15) is 4.79 Å². The zero-order valence-electron chi connectivity index (χ0n) is 16.3. The van der Waals surface area contributed by atoms with E-state index < -0.39 is 13.2 Å². The lowest BCUT2D eigenvalue weighted by Crippen LogP contribution is -3.00. The summed E-state index contributed by atoms with van der Waals surface area (Å²) in [6, 6.07) is 32.5. The van der Waals surface area contributed by atoms with Crippen LogP contribution in [-0.4, -0.2) is 17.2 Å². The molecule has 3 rings (SSSR count). The van der Waals surface area contributed by atoms with Crippen LogP contribution in [0.4, 0.5) is 0 Å². The van der Waals surface area contributed by atoms with Gasteiger partial charge in [0.25, 0.3) is 0 Å². The van der Waals surface area contributed by atoms with Gasteiger partial charge in [-0.25, -0.2) is 0 Å². The lowest BCUT2D eigenvalue weighted by Gasteiger charge is -2.27. The third kappa shape index (κ3) is 5.88. The van der Waals surface area contributed by atoms with Gasteiger partial charge in [-0.2, -0.15) is 0 Å². The molecule has 3 aromatic rings. The Labute approximate surface area is 184 Å². The highest BCUT2D eigenvalue weighted by Gasteiger charge is 2.44. The molecule has 3 aromatic carbocycles. The zero-order chi connectivity index (χ0) is 19.7. The van der Waals surface area contributed by atoms with Gasteiger partial charge >= 0.3 is 5.97 Å². The normalized spacial score (nSPS) is 11.2. The van der Waals surface area contributed by atoms with E-state index in [4.69, 9.17) is 5.11 Å². The number of allylic oxidation sites excluding steroid dienone is 2. The fraction of sp³-hybridized carbons (Fsp3) is 0.160. The Morgan fingerprint density at radius 3 is 1.45 bits per heavy atom. The second-order valence-corrected chi connectivity index (χ2v) is 10.3. The van der Waals surface area contributed by atoms with Crippen LogP contribution in [-0.2, 0) is 4.79 Å². The second-order valence-electron chi connectivity index (χ2n) is 6.73. The molecule has 0 aromatic heterocycles. The van der Waals surface area contributed by atoms with Gasteiger partial charge in [-0.05, 0) is 42.8 Å².